The van der Waals surface area contributed by atoms with E-state index in [1.165, 1.54) is 47.4 Å². The molecule has 14 heavy (non-hydrogen) atoms. The number of thiol groups is 1. The smallest absolute Gasteiger partial charge is 0.00235 e. The third kappa shape index (κ3) is 13.4. The number of hydrogen-bond acceptors (Lipinski definition) is 4. The van der Waals surface area contributed by atoms with Crippen LogP contribution < -0.4 is 0 Å². The van der Waals surface area contributed by atoms with Crippen LogP contribution in [-0.4, -0.2) is 40.3 Å². The van der Waals surface area contributed by atoms with E-state index in [0.717, 1.165) is 5.75 Å². The lowest BCUT2D eigenvalue weighted by Gasteiger charge is -2.01. The third-order valence-corrected chi connectivity index (χ3v) is 5.65. The first-order valence-corrected chi connectivity index (χ1v) is 9.35. The molecule has 0 amide bonds. The van der Waals surface area contributed by atoms with Gasteiger partial charge in [0.15, 0.2) is 0 Å². The molecule has 0 aliphatic carbocycles. The molecule has 4 heteroatoms. The summed E-state index contributed by atoms with van der Waals surface area (Å²) in [6.07, 6.45) is 2.68. The van der Waals surface area contributed by atoms with Crippen LogP contribution >= 0.6 is 47.9 Å². The molecule has 0 aromatic rings. The van der Waals surface area contributed by atoms with Gasteiger partial charge < -0.3 is 0 Å². The molecule has 0 aliphatic heterocycles. The Morgan fingerprint density at radius 1 is 0.786 bits per heavy atom. The highest BCUT2D eigenvalue weighted by molar-refractivity contribution is 8.03. The lowest BCUT2D eigenvalue weighted by molar-refractivity contribution is 1.10. The summed E-state index contributed by atoms with van der Waals surface area (Å²) < 4.78 is 0. The van der Waals surface area contributed by atoms with Crippen molar-refractivity contribution in [1.29, 1.82) is 0 Å². The van der Waals surface area contributed by atoms with Gasteiger partial charge in [0.2, 0.25) is 0 Å². The van der Waals surface area contributed by atoms with E-state index < -0.39 is 0 Å². The van der Waals surface area contributed by atoms with E-state index in [0.29, 0.717) is 0 Å². The minimum atomic E-state index is 1.02. The van der Waals surface area contributed by atoms with Crippen molar-refractivity contribution in [2.45, 2.75) is 19.8 Å². The van der Waals surface area contributed by atoms with Gasteiger partial charge in [-0.25, -0.2) is 0 Å². The molecule has 0 aliphatic rings. The lowest BCUT2D eigenvalue weighted by atomic mass is 10.6. The maximum atomic E-state index is 4.18. The highest BCUT2D eigenvalue weighted by Crippen LogP contribution is 2.11. The highest BCUT2D eigenvalue weighted by Gasteiger charge is 1.91. The molecular formula is C10H22S4. The quantitative estimate of drug-likeness (QED) is 0.447. The van der Waals surface area contributed by atoms with Crippen LogP contribution in [0.4, 0.5) is 0 Å². The van der Waals surface area contributed by atoms with Gasteiger partial charge in [-0.3, -0.25) is 0 Å². The van der Waals surface area contributed by atoms with E-state index >= 15 is 0 Å². The van der Waals surface area contributed by atoms with Crippen molar-refractivity contribution in [3.05, 3.63) is 0 Å². The number of rotatable bonds is 11. The summed E-state index contributed by atoms with van der Waals surface area (Å²) in [4.78, 5) is 0. The van der Waals surface area contributed by atoms with Gasteiger partial charge in [-0.2, -0.15) is 47.9 Å². The Labute approximate surface area is 108 Å². The van der Waals surface area contributed by atoms with Crippen molar-refractivity contribution in [3.8, 4) is 0 Å². The number of thioether (sulfide) groups is 3. The molecule has 0 aromatic heterocycles. The van der Waals surface area contributed by atoms with Gasteiger partial charge in [0.05, 0.1) is 0 Å². The van der Waals surface area contributed by atoms with Crippen LogP contribution in [0.2, 0.25) is 0 Å². The average Bonchev–Trinajstić information content (AvgIpc) is 2.21. The van der Waals surface area contributed by atoms with Crippen LogP contribution in [0.1, 0.15) is 19.8 Å². The molecule has 0 fully saturated rings. The SMILES string of the molecule is CCCSCCSCCCSCCS. The summed E-state index contributed by atoms with van der Waals surface area (Å²) in [5.41, 5.74) is 0. The molecule has 0 N–H and O–H groups in total. The first-order valence-electron chi connectivity index (χ1n) is 5.26. The second-order valence-corrected chi connectivity index (χ2v) is 7.04. The molecule has 0 radical (unpaired) electrons. The molecular weight excluding hydrogens is 248 g/mol. The van der Waals surface area contributed by atoms with E-state index in [2.05, 4.69) is 43.1 Å². The van der Waals surface area contributed by atoms with Crippen molar-refractivity contribution in [2.24, 2.45) is 0 Å². The zero-order valence-electron chi connectivity index (χ0n) is 9.04. The summed E-state index contributed by atoms with van der Waals surface area (Å²) in [5, 5.41) is 0. The predicted octanol–water partition coefficient (Wildman–Crippen LogP) is 3.92. The monoisotopic (exact) mass is 270 g/mol. The van der Waals surface area contributed by atoms with Crippen LogP contribution in [0, 0.1) is 0 Å². The fourth-order valence-corrected chi connectivity index (χ4v) is 4.14. The minimum absolute atomic E-state index is 1.02. The van der Waals surface area contributed by atoms with Crippen LogP contribution in [0.5, 0.6) is 0 Å². The molecule has 0 rings (SSSR count). The zero-order valence-corrected chi connectivity index (χ0v) is 12.4. The maximum Gasteiger partial charge on any atom is 0.00235 e. The Hall–Kier alpha value is 1.40. The van der Waals surface area contributed by atoms with Crippen molar-refractivity contribution < 1.29 is 0 Å². The van der Waals surface area contributed by atoms with Crippen LogP contribution in [0.3, 0.4) is 0 Å². The van der Waals surface area contributed by atoms with Gasteiger partial charge in [-0.15, -0.1) is 0 Å². The van der Waals surface area contributed by atoms with Gasteiger partial charge in [0.25, 0.3) is 0 Å². The Bertz CT molecular complexity index is 86.1. The molecule has 0 heterocycles. The Kier molecular flexibility index (Phi) is 15.8. The fourth-order valence-electron chi connectivity index (χ4n) is 0.896. The van der Waals surface area contributed by atoms with Gasteiger partial charge >= 0.3 is 0 Å². The fraction of sp³-hybridized carbons (Fsp3) is 1.00. The van der Waals surface area contributed by atoms with E-state index in [9.17, 15) is 0 Å². The summed E-state index contributed by atoms with van der Waals surface area (Å²) >= 11 is 10.4. The molecule has 0 saturated carbocycles. The zero-order chi connectivity index (χ0) is 10.5. The Balaban J connectivity index is 2.78. The van der Waals surface area contributed by atoms with E-state index in [-0.39, 0.29) is 0 Å². The minimum Gasteiger partial charge on any atom is -0.179 e. The summed E-state index contributed by atoms with van der Waals surface area (Å²) in [7, 11) is 0. The largest absolute Gasteiger partial charge is 0.179 e. The third-order valence-electron chi connectivity index (χ3n) is 1.53. The van der Waals surface area contributed by atoms with Gasteiger partial charge in [0.1, 0.15) is 0 Å². The molecule has 0 atom stereocenters. The van der Waals surface area contributed by atoms with E-state index in [1.807, 2.05) is 11.8 Å². The Morgan fingerprint density at radius 3 is 1.93 bits per heavy atom. The van der Waals surface area contributed by atoms with Crippen LogP contribution in [0.15, 0.2) is 0 Å². The topological polar surface area (TPSA) is 0 Å². The maximum absolute atomic E-state index is 4.18. The second kappa shape index (κ2) is 14.4. The number of hydrogen-bond donors (Lipinski definition) is 1. The molecule has 0 aromatic carbocycles. The second-order valence-electron chi connectivity index (χ2n) is 2.91. The van der Waals surface area contributed by atoms with Crippen molar-refractivity contribution >= 4 is 47.9 Å². The predicted molar refractivity (Wildman–Crippen MR) is 80.7 cm³/mol. The van der Waals surface area contributed by atoms with Crippen molar-refractivity contribution in [3.63, 3.8) is 0 Å². The summed E-state index contributed by atoms with van der Waals surface area (Å²) in [5.74, 6) is 8.88. The molecule has 0 spiro atoms. The molecule has 86 valence electrons. The van der Waals surface area contributed by atoms with Crippen LogP contribution in [-0.2, 0) is 0 Å². The normalized spacial score (nSPS) is 10.7. The summed E-state index contributed by atoms with van der Waals surface area (Å²) in [6.45, 7) is 2.25. The van der Waals surface area contributed by atoms with Gasteiger partial charge in [0, 0.05) is 17.3 Å². The van der Waals surface area contributed by atoms with Gasteiger partial charge in [-0.1, -0.05) is 6.92 Å². The first-order chi connectivity index (χ1) is 6.91. The lowest BCUT2D eigenvalue weighted by Crippen LogP contribution is -1.91. The van der Waals surface area contributed by atoms with E-state index in [4.69, 9.17) is 0 Å². The summed E-state index contributed by atoms with van der Waals surface area (Å²) in [6, 6.07) is 0. The van der Waals surface area contributed by atoms with Gasteiger partial charge in [-0.05, 0) is 35.9 Å². The average molecular weight is 271 g/mol. The van der Waals surface area contributed by atoms with Crippen molar-refractivity contribution in [1.82, 2.24) is 0 Å². The van der Waals surface area contributed by atoms with Crippen LogP contribution in [0.25, 0.3) is 0 Å². The molecule has 0 saturated heterocycles. The Morgan fingerprint density at radius 2 is 1.36 bits per heavy atom. The van der Waals surface area contributed by atoms with Crippen molar-refractivity contribution in [2.75, 3.05) is 40.3 Å². The first kappa shape index (κ1) is 15.4. The molecule has 0 nitrogen and oxygen atoms in total. The molecule has 0 bridgehead atoms. The van der Waals surface area contributed by atoms with E-state index in [1.54, 1.807) is 0 Å². The highest BCUT2D eigenvalue weighted by atomic mass is 32.2. The standard InChI is InChI=1S/C10H22S4/c1-2-5-12-9-10-14-7-3-6-13-8-4-11/h11H,2-10H2,1H3. The molecule has 0 unspecified atom stereocenters.